The molecule has 1 aromatic carbocycles. The molecule has 13 heteroatoms. The number of benzene rings is 1. The van der Waals surface area contributed by atoms with E-state index in [9.17, 15) is 19.5 Å². The number of aryl methyl sites for hydroxylation is 1. The summed E-state index contributed by atoms with van der Waals surface area (Å²) in [6, 6.07) is 5.30. The van der Waals surface area contributed by atoms with Gasteiger partial charge in [0.2, 0.25) is 5.91 Å². The number of thiazole rings is 1. The molecular formula is C29H37N7O5S. The molecule has 3 atom stereocenters. The average Bonchev–Trinajstić information content (AvgIpc) is 3.62. The molecule has 0 aliphatic carbocycles. The molecule has 224 valence electrons. The molecule has 4 N–H and O–H groups in total. The summed E-state index contributed by atoms with van der Waals surface area (Å²) < 4.78 is 7.07. The first-order chi connectivity index (χ1) is 19.8. The predicted molar refractivity (Wildman–Crippen MR) is 159 cm³/mol. The first-order valence-corrected chi connectivity index (χ1v) is 14.8. The summed E-state index contributed by atoms with van der Waals surface area (Å²) in [6.07, 6.45) is 4.38. The van der Waals surface area contributed by atoms with Gasteiger partial charge in [0.05, 0.1) is 11.9 Å². The molecule has 0 radical (unpaired) electrons. The number of phenols is 1. The number of rotatable bonds is 8. The summed E-state index contributed by atoms with van der Waals surface area (Å²) in [4.78, 5) is 44.8. The molecule has 42 heavy (non-hydrogen) atoms. The van der Waals surface area contributed by atoms with E-state index in [1.54, 1.807) is 36.0 Å². The van der Waals surface area contributed by atoms with Crippen LogP contribution in [-0.4, -0.2) is 73.3 Å². The number of piperazine rings is 1. The molecular weight excluding hydrogens is 558 g/mol. The van der Waals surface area contributed by atoms with E-state index in [4.69, 9.17) is 4.74 Å². The van der Waals surface area contributed by atoms with Crippen LogP contribution in [0.4, 0.5) is 16.6 Å². The number of amides is 2. The number of anilines is 3. The predicted octanol–water partition coefficient (Wildman–Crippen LogP) is 3.58. The van der Waals surface area contributed by atoms with Crippen molar-refractivity contribution in [3.63, 3.8) is 0 Å². The number of nitrogens with one attached hydrogen (secondary N) is 3. The highest BCUT2D eigenvalue weighted by atomic mass is 32.1. The van der Waals surface area contributed by atoms with Crippen molar-refractivity contribution >= 4 is 45.8 Å². The van der Waals surface area contributed by atoms with Gasteiger partial charge in [0.1, 0.15) is 22.8 Å². The summed E-state index contributed by atoms with van der Waals surface area (Å²) in [5, 5.41) is 24.4. The largest absolute Gasteiger partial charge is 0.508 e. The Kier molecular flexibility index (Phi) is 8.24. The SMILES string of the molecule is Cc1ccc(O)c(C)c1NC(=O)c1cnc(Nc2ccn(CC(=O)N3CC4CC(CC(=O)OC(C)(C)C)C(C3)N4)n2)s1. The Labute approximate surface area is 248 Å². The number of fused-ring (bicyclic) bond motifs is 2. The molecule has 2 saturated heterocycles. The van der Waals surface area contributed by atoms with Gasteiger partial charge in [-0.3, -0.25) is 19.1 Å². The third-order valence-electron chi connectivity index (χ3n) is 7.45. The Balaban J connectivity index is 1.13. The highest BCUT2D eigenvalue weighted by Crippen LogP contribution is 2.31. The van der Waals surface area contributed by atoms with Crippen LogP contribution in [-0.2, 0) is 20.9 Å². The van der Waals surface area contributed by atoms with Crippen LogP contribution in [0.5, 0.6) is 5.75 Å². The third-order valence-corrected chi connectivity index (χ3v) is 8.36. The Bertz CT molecular complexity index is 1490. The zero-order chi connectivity index (χ0) is 30.2. The molecule has 3 unspecified atom stereocenters. The minimum Gasteiger partial charge on any atom is -0.508 e. The fraction of sp³-hybridized carbons (Fsp3) is 0.483. The Morgan fingerprint density at radius 3 is 2.74 bits per heavy atom. The molecule has 4 heterocycles. The molecule has 2 amide bonds. The number of hydrogen-bond donors (Lipinski definition) is 4. The van der Waals surface area contributed by atoms with Gasteiger partial charge in [0.25, 0.3) is 5.91 Å². The van der Waals surface area contributed by atoms with E-state index in [1.165, 1.54) is 17.5 Å². The molecule has 5 rings (SSSR count). The highest BCUT2D eigenvalue weighted by Gasteiger charge is 2.42. The molecule has 2 fully saturated rings. The zero-order valence-electron chi connectivity index (χ0n) is 24.4. The topological polar surface area (TPSA) is 151 Å². The lowest BCUT2D eigenvalue weighted by molar-refractivity contribution is -0.156. The van der Waals surface area contributed by atoms with Crippen LogP contribution in [0.1, 0.15) is 54.4 Å². The second-order valence-electron chi connectivity index (χ2n) is 12.0. The molecule has 0 saturated carbocycles. The van der Waals surface area contributed by atoms with E-state index >= 15 is 0 Å². The Morgan fingerprint density at radius 1 is 1.19 bits per heavy atom. The van der Waals surface area contributed by atoms with E-state index < -0.39 is 5.60 Å². The Hall–Kier alpha value is -3.97. The second-order valence-corrected chi connectivity index (χ2v) is 13.0. The maximum absolute atomic E-state index is 13.1. The highest BCUT2D eigenvalue weighted by molar-refractivity contribution is 7.17. The van der Waals surface area contributed by atoms with Crippen LogP contribution in [0.2, 0.25) is 0 Å². The summed E-state index contributed by atoms with van der Waals surface area (Å²) in [5.74, 6) is 0.189. The van der Waals surface area contributed by atoms with Crippen molar-refractivity contribution in [3.05, 3.63) is 46.6 Å². The van der Waals surface area contributed by atoms with Crippen LogP contribution < -0.4 is 16.0 Å². The fourth-order valence-corrected chi connectivity index (χ4v) is 6.19. The maximum Gasteiger partial charge on any atom is 0.306 e. The number of hydrogen-bond acceptors (Lipinski definition) is 10. The lowest BCUT2D eigenvalue weighted by Crippen LogP contribution is -2.54. The smallest absolute Gasteiger partial charge is 0.306 e. The molecule has 2 aliphatic rings. The molecule has 12 nitrogen and oxygen atoms in total. The number of aromatic nitrogens is 3. The van der Waals surface area contributed by atoms with Gasteiger partial charge in [0.15, 0.2) is 10.9 Å². The quantitative estimate of drug-likeness (QED) is 0.287. The monoisotopic (exact) mass is 595 g/mol. The van der Waals surface area contributed by atoms with Crippen molar-refractivity contribution in [3.8, 4) is 5.75 Å². The molecule has 2 aromatic heterocycles. The minimum atomic E-state index is -0.513. The second kappa shape index (κ2) is 11.7. The molecule has 2 aliphatic heterocycles. The average molecular weight is 596 g/mol. The summed E-state index contributed by atoms with van der Waals surface area (Å²) in [7, 11) is 0. The number of esters is 1. The molecule has 2 bridgehead atoms. The van der Waals surface area contributed by atoms with Gasteiger partial charge in [-0.25, -0.2) is 4.98 Å². The van der Waals surface area contributed by atoms with Gasteiger partial charge in [-0.05, 0) is 58.6 Å². The van der Waals surface area contributed by atoms with Crippen LogP contribution >= 0.6 is 11.3 Å². The summed E-state index contributed by atoms with van der Waals surface area (Å²) in [6.45, 7) is 10.4. The number of carbonyl (C=O) groups is 3. The van der Waals surface area contributed by atoms with E-state index in [-0.39, 0.29) is 48.1 Å². The van der Waals surface area contributed by atoms with E-state index in [0.29, 0.717) is 46.6 Å². The van der Waals surface area contributed by atoms with Crippen molar-refractivity contribution in [1.82, 2.24) is 25.0 Å². The van der Waals surface area contributed by atoms with Crippen LogP contribution in [0.3, 0.4) is 0 Å². The standard InChI is InChI=1S/C29H37N7O5S/c1-16-6-7-21(37)17(2)26(16)33-27(40)22-12-30-28(42-22)32-23-8-9-36(34-23)15-24(38)35-13-19-10-18(20(14-35)31-19)11-25(39)41-29(3,4)5/h6-9,12,18-20,31,37H,10-11,13-15H2,1-5H3,(H,33,40)(H,30,32,34). The number of ether oxygens (including phenoxy) is 1. The molecule has 0 spiro atoms. The Morgan fingerprint density at radius 2 is 1.98 bits per heavy atom. The van der Waals surface area contributed by atoms with E-state index in [0.717, 1.165) is 12.0 Å². The number of phenolic OH excluding ortho intramolecular Hbond substituents is 1. The zero-order valence-corrected chi connectivity index (χ0v) is 25.2. The van der Waals surface area contributed by atoms with Gasteiger partial charge in [0, 0.05) is 49.4 Å². The van der Waals surface area contributed by atoms with Crippen LogP contribution in [0.15, 0.2) is 30.6 Å². The van der Waals surface area contributed by atoms with E-state index in [1.807, 2.05) is 32.6 Å². The van der Waals surface area contributed by atoms with Crippen molar-refractivity contribution in [2.75, 3.05) is 23.7 Å². The van der Waals surface area contributed by atoms with Gasteiger partial charge in [-0.2, -0.15) is 5.10 Å². The number of nitrogens with zero attached hydrogens (tertiary/aromatic N) is 4. The van der Waals surface area contributed by atoms with E-state index in [2.05, 4.69) is 26.0 Å². The lowest BCUT2D eigenvalue weighted by atomic mass is 9.96. The van der Waals surface area contributed by atoms with Crippen molar-refractivity contribution in [2.24, 2.45) is 5.92 Å². The number of aromatic hydroxyl groups is 1. The minimum absolute atomic E-state index is 0.0372. The van der Waals surface area contributed by atoms with Crippen LogP contribution in [0, 0.1) is 19.8 Å². The molecule has 3 aromatic rings. The number of likely N-dealkylation sites (tertiary alicyclic amines) is 1. The maximum atomic E-state index is 13.1. The fourth-order valence-electron chi connectivity index (χ4n) is 5.48. The normalized spacial score (nSPS) is 19.9. The number of carbonyl (C=O) groups excluding carboxylic acids is 3. The third kappa shape index (κ3) is 6.90. The van der Waals surface area contributed by atoms with Crippen molar-refractivity contribution < 1.29 is 24.2 Å². The first-order valence-electron chi connectivity index (χ1n) is 14.0. The van der Waals surface area contributed by atoms with Gasteiger partial charge >= 0.3 is 5.97 Å². The first kappa shape index (κ1) is 29.5. The lowest BCUT2D eigenvalue weighted by Gasteiger charge is -2.33. The van der Waals surface area contributed by atoms with Gasteiger partial charge in [-0.15, -0.1) is 0 Å². The summed E-state index contributed by atoms with van der Waals surface area (Å²) in [5.41, 5.74) is 1.50. The van der Waals surface area contributed by atoms with Crippen LogP contribution in [0.25, 0.3) is 0 Å². The summed E-state index contributed by atoms with van der Waals surface area (Å²) >= 11 is 1.17. The van der Waals surface area contributed by atoms with Gasteiger partial charge < -0.3 is 30.7 Å². The van der Waals surface area contributed by atoms with Crippen molar-refractivity contribution in [1.29, 1.82) is 0 Å². The van der Waals surface area contributed by atoms with Gasteiger partial charge in [-0.1, -0.05) is 17.4 Å². The van der Waals surface area contributed by atoms with Crippen molar-refractivity contribution in [2.45, 2.75) is 71.7 Å².